The first-order chi connectivity index (χ1) is 14.1. The average molecular weight is 446 g/mol. The number of hydrogen-bond donors (Lipinski definition) is 1. The van der Waals surface area contributed by atoms with Gasteiger partial charge in [0.15, 0.2) is 10.8 Å². The van der Waals surface area contributed by atoms with Crippen molar-refractivity contribution in [1.82, 2.24) is 14.6 Å². The number of hydrogen-bond acceptors (Lipinski definition) is 5. The van der Waals surface area contributed by atoms with Crippen molar-refractivity contribution in [3.63, 3.8) is 0 Å². The summed E-state index contributed by atoms with van der Waals surface area (Å²) in [5.74, 6) is 1.10. The molecule has 0 aliphatic carbocycles. The minimum absolute atomic E-state index is 0.177. The van der Waals surface area contributed by atoms with E-state index in [9.17, 15) is 5.11 Å². The lowest BCUT2D eigenvalue weighted by Crippen LogP contribution is -2.20. The molecule has 0 unspecified atom stereocenters. The average Bonchev–Trinajstić information content (AvgIpc) is 3.15. The van der Waals surface area contributed by atoms with Gasteiger partial charge in [-0.15, -0.1) is 10.2 Å². The largest absolute Gasteiger partial charge is 0.491 e. The maximum Gasteiger partial charge on any atom is 0.195 e. The topological polar surface area (TPSA) is 59.7 Å². The van der Waals surface area contributed by atoms with Gasteiger partial charge in [-0.1, -0.05) is 77.4 Å². The monoisotopic (exact) mass is 445 g/mol. The van der Waals surface area contributed by atoms with E-state index in [-0.39, 0.29) is 6.61 Å². The standard InChI is InChI=1S/C21H17Cl2N3O2S/c22-16-10-19(23)20-24-25-21(26(20)11-16)29-13-17(27)12-28-18-8-6-15(7-9-18)14-4-2-1-3-5-14/h1-11,17,27H,12-13H2/t17-/m1/s1. The molecule has 8 heteroatoms. The Labute approximate surface area is 182 Å². The van der Waals surface area contributed by atoms with Crippen molar-refractivity contribution < 1.29 is 9.84 Å². The molecule has 0 aliphatic rings. The molecule has 0 bridgehead atoms. The minimum Gasteiger partial charge on any atom is -0.491 e. The summed E-state index contributed by atoms with van der Waals surface area (Å²) in [6.07, 6.45) is 1.03. The van der Waals surface area contributed by atoms with Gasteiger partial charge in [-0.3, -0.25) is 4.40 Å². The number of aliphatic hydroxyl groups is 1. The zero-order valence-corrected chi connectivity index (χ0v) is 17.5. The minimum atomic E-state index is -0.671. The Morgan fingerprint density at radius 1 is 1.00 bits per heavy atom. The predicted molar refractivity (Wildman–Crippen MR) is 117 cm³/mol. The molecule has 2 heterocycles. The van der Waals surface area contributed by atoms with Crippen LogP contribution in [0.2, 0.25) is 10.0 Å². The summed E-state index contributed by atoms with van der Waals surface area (Å²) in [5, 5.41) is 20.0. The lowest BCUT2D eigenvalue weighted by molar-refractivity contribution is 0.126. The molecule has 4 rings (SSSR count). The van der Waals surface area contributed by atoms with Crippen molar-refractivity contribution >= 4 is 40.6 Å². The fourth-order valence-electron chi connectivity index (χ4n) is 2.79. The lowest BCUT2D eigenvalue weighted by Gasteiger charge is -2.12. The van der Waals surface area contributed by atoms with E-state index in [1.54, 1.807) is 16.7 Å². The number of halogens is 2. The van der Waals surface area contributed by atoms with Crippen molar-refractivity contribution in [3.05, 3.63) is 76.9 Å². The van der Waals surface area contributed by atoms with Crippen LogP contribution in [-0.4, -0.2) is 38.2 Å². The number of benzene rings is 2. The van der Waals surface area contributed by atoms with Gasteiger partial charge in [-0.2, -0.15) is 0 Å². The van der Waals surface area contributed by atoms with Gasteiger partial charge >= 0.3 is 0 Å². The molecular weight excluding hydrogens is 429 g/mol. The summed E-state index contributed by atoms with van der Waals surface area (Å²) in [5.41, 5.74) is 2.80. The van der Waals surface area contributed by atoms with Crippen LogP contribution in [0.3, 0.4) is 0 Å². The van der Waals surface area contributed by atoms with Crippen LogP contribution in [0.25, 0.3) is 16.8 Å². The van der Waals surface area contributed by atoms with E-state index in [1.807, 2.05) is 42.5 Å². The fourth-order valence-corrected chi connectivity index (χ4v) is 4.11. The van der Waals surface area contributed by atoms with Gasteiger partial charge in [0, 0.05) is 11.9 Å². The number of pyridine rings is 1. The molecular formula is C21H17Cl2N3O2S. The summed E-state index contributed by atoms with van der Waals surface area (Å²) in [7, 11) is 0. The lowest BCUT2D eigenvalue weighted by atomic mass is 10.1. The fraction of sp³-hybridized carbons (Fsp3) is 0.143. The van der Waals surface area contributed by atoms with Gasteiger partial charge < -0.3 is 9.84 Å². The summed E-state index contributed by atoms with van der Waals surface area (Å²) in [6.45, 7) is 0.177. The second kappa shape index (κ2) is 9.05. The van der Waals surface area contributed by atoms with Crippen LogP contribution in [-0.2, 0) is 0 Å². The highest BCUT2D eigenvalue weighted by atomic mass is 35.5. The first kappa shape index (κ1) is 20.0. The van der Waals surface area contributed by atoms with Crippen LogP contribution in [0, 0.1) is 0 Å². The number of aromatic nitrogens is 3. The SMILES string of the molecule is O[C@H](COc1ccc(-c2ccccc2)cc1)CSc1nnc2c(Cl)cc(Cl)cn12. The molecule has 1 atom stereocenters. The van der Waals surface area contributed by atoms with Gasteiger partial charge in [-0.25, -0.2) is 0 Å². The van der Waals surface area contributed by atoms with Crippen LogP contribution in [0.15, 0.2) is 72.0 Å². The number of nitrogens with zero attached hydrogens (tertiary/aromatic N) is 3. The Kier molecular flexibility index (Phi) is 6.25. The maximum atomic E-state index is 10.3. The molecule has 2 aromatic carbocycles. The van der Waals surface area contributed by atoms with Crippen LogP contribution >= 0.6 is 35.0 Å². The number of fused-ring (bicyclic) bond motifs is 1. The second-order valence-corrected chi connectivity index (χ2v) is 8.18. The third-order valence-corrected chi connectivity index (χ3v) is 5.78. The Morgan fingerprint density at radius 3 is 2.48 bits per heavy atom. The summed E-state index contributed by atoms with van der Waals surface area (Å²) >= 11 is 13.5. The van der Waals surface area contributed by atoms with E-state index in [1.165, 1.54) is 11.8 Å². The Morgan fingerprint density at radius 2 is 1.72 bits per heavy atom. The van der Waals surface area contributed by atoms with Gasteiger partial charge in [0.1, 0.15) is 12.4 Å². The second-order valence-electron chi connectivity index (χ2n) is 6.35. The van der Waals surface area contributed by atoms with E-state index in [2.05, 4.69) is 22.3 Å². The van der Waals surface area contributed by atoms with Crippen molar-refractivity contribution in [2.45, 2.75) is 11.3 Å². The van der Waals surface area contributed by atoms with E-state index < -0.39 is 6.10 Å². The molecule has 0 aliphatic heterocycles. The van der Waals surface area contributed by atoms with Crippen LogP contribution in [0.1, 0.15) is 0 Å². The highest BCUT2D eigenvalue weighted by molar-refractivity contribution is 7.99. The molecule has 148 valence electrons. The Bertz CT molecular complexity index is 1100. The van der Waals surface area contributed by atoms with Gasteiger partial charge in [0.2, 0.25) is 0 Å². The molecule has 2 aromatic heterocycles. The van der Waals surface area contributed by atoms with Crippen LogP contribution < -0.4 is 4.74 Å². The molecule has 0 saturated carbocycles. The Balaban J connectivity index is 1.32. The van der Waals surface area contributed by atoms with Crippen molar-refractivity contribution in [2.75, 3.05) is 12.4 Å². The molecule has 0 amide bonds. The van der Waals surface area contributed by atoms with Crippen molar-refractivity contribution in [2.24, 2.45) is 0 Å². The summed E-state index contributed by atoms with van der Waals surface area (Å²) < 4.78 is 7.42. The first-order valence-corrected chi connectivity index (χ1v) is 10.6. The third kappa shape index (κ3) is 4.85. The quantitative estimate of drug-likeness (QED) is 0.394. The molecule has 5 nitrogen and oxygen atoms in total. The van der Waals surface area contributed by atoms with Gasteiger partial charge in [0.05, 0.1) is 16.1 Å². The van der Waals surface area contributed by atoms with Crippen molar-refractivity contribution in [1.29, 1.82) is 0 Å². The van der Waals surface area contributed by atoms with E-state index in [0.717, 1.165) is 11.1 Å². The molecule has 4 aromatic rings. The highest BCUT2D eigenvalue weighted by Gasteiger charge is 2.13. The maximum absolute atomic E-state index is 10.3. The normalized spacial score (nSPS) is 12.2. The number of rotatable bonds is 7. The zero-order chi connectivity index (χ0) is 20.2. The van der Waals surface area contributed by atoms with Gasteiger partial charge in [0.25, 0.3) is 0 Å². The Hall–Kier alpha value is -2.25. The van der Waals surface area contributed by atoms with E-state index in [4.69, 9.17) is 27.9 Å². The number of aliphatic hydroxyl groups excluding tert-OH is 1. The zero-order valence-electron chi connectivity index (χ0n) is 15.2. The van der Waals surface area contributed by atoms with Crippen LogP contribution in [0.5, 0.6) is 5.75 Å². The number of thioether (sulfide) groups is 1. The highest BCUT2D eigenvalue weighted by Crippen LogP contribution is 2.26. The molecule has 1 N–H and O–H groups in total. The molecule has 29 heavy (non-hydrogen) atoms. The molecule has 0 saturated heterocycles. The third-order valence-electron chi connectivity index (χ3n) is 4.20. The summed E-state index contributed by atoms with van der Waals surface area (Å²) in [4.78, 5) is 0. The smallest absolute Gasteiger partial charge is 0.195 e. The predicted octanol–water partition coefficient (Wildman–Crippen LogP) is 5.24. The first-order valence-electron chi connectivity index (χ1n) is 8.89. The van der Waals surface area contributed by atoms with Crippen molar-refractivity contribution in [3.8, 4) is 16.9 Å². The summed E-state index contributed by atoms with van der Waals surface area (Å²) in [6, 6.07) is 19.6. The molecule has 0 fully saturated rings. The number of ether oxygens (including phenoxy) is 1. The molecule has 0 radical (unpaired) electrons. The van der Waals surface area contributed by atoms with Gasteiger partial charge in [-0.05, 0) is 29.3 Å². The van der Waals surface area contributed by atoms with Crippen LogP contribution in [0.4, 0.5) is 0 Å². The molecule has 0 spiro atoms. The van der Waals surface area contributed by atoms with E-state index in [0.29, 0.717) is 32.4 Å². The van der Waals surface area contributed by atoms with E-state index >= 15 is 0 Å².